The molecule has 1 aliphatic rings. The molecule has 2 aromatic carbocycles. The maximum Gasteiger partial charge on any atom is 0.344 e. The van der Waals surface area contributed by atoms with E-state index >= 15 is 0 Å². The summed E-state index contributed by atoms with van der Waals surface area (Å²) in [5, 5.41) is 4.10. The van der Waals surface area contributed by atoms with E-state index in [1.165, 1.54) is 0 Å². The van der Waals surface area contributed by atoms with E-state index in [0.29, 0.717) is 22.9 Å². The van der Waals surface area contributed by atoms with Crippen LogP contribution in [0.15, 0.2) is 63.8 Å². The number of morpholine rings is 1. The minimum atomic E-state index is -0.501. The molecule has 1 fully saturated rings. The van der Waals surface area contributed by atoms with Gasteiger partial charge in [0, 0.05) is 30.6 Å². The van der Waals surface area contributed by atoms with Crippen molar-refractivity contribution in [1.82, 2.24) is 10.2 Å². The summed E-state index contributed by atoms with van der Waals surface area (Å²) in [6.07, 6.45) is 0.824. The summed E-state index contributed by atoms with van der Waals surface area (Å²) in [7, 11) is 0. The van der Waals surface area contributed by atoms with Crippen molar-refractivity contribution >= 4 is 16.7 Å². The second-order valence-electron chi connectivity index (χ2n) is 7.07. The number of nitrogens with zero attached hydrogens (tertiary/aromatic N) is 1. The summed E-state index contributed by atoms with van der Waals surface area (Å²) in [5.74, 6) is -0.306. The van der Waals surface area contributed by atoms with Crippen LogP contribution >= 0.6 is 0 Å². The van der Waals surface area contributed by atoms with Gasteiger partial charge >= 0.3 is 5.63 Å². The van der Waals surface area contributed by atoms with Gasteiger partial charge in [-0.2, -0.15) is 0 Å². The van der Waals surface area contributed by atoms with Gasteiger partial charge < -0.3 is 14.5 Å². The highest BCUT2D eigenvalue weighted by atomic mass is 16.5. The van der Waals surface area contributed by atoms with E-state index in [4.69, 9.17) is 9.15 Å². The number of hydrogen-bond acceptors (Lipinski definition) is 5. The average molecular weight is 392 g/mol. The minimum Gasteiger partial charge on any atom is -0.416 e. The largest absolute Gasteiger partial charge is 0.416 e. The van der Waals surface area contributed by atoms with Crippen LogP contribution in [0.5, 0.6) is 0 Å². The molecule has 0 unspecified atom stereocenters. The predicted molar refractivity (Wildman–Crippen MR) is 112 cm³/mol. The highest BCUT2D eigenvalue weighted by Gasteiger charge is 2.21. The fourth-order valence-electron chi connectivity index (χ4n) is 3.66. The number of carbonyl (C=O) groups is 1. The Morgan fingerprint density at radius 2 is 1.66 bits per heavy atom. The minimum absolute atomic E-state index is 0.0614. The lowest BCUT2D eigenvalue weighted by Gasteiger charge is -2.26. The third-order valence-electron chi connectivity index (χ3n) is 5.15. The van der Waals surface area contributed by atoms with Crippen LogP contribution in [-0.4, -0.2) is 50.2 Å². The Bertz CT molecular complexity index is 1040. The number of amides is 1. The van der Waals surface area contributed by atoms with E-state index in [1.807, 2.05) is 42.5 Å². The molecule has 4 rings (SSSR count). The third-order valence-corrected chi connectivity index (χ3v) is 5.15. The van der Waals surface area contributed by atoms with Crippen LogP contribution in [0.25, 0.3) is 21.9 Å². The maximum absolute atomic E-state index is 12.9. The van der Waals surface area contributed by atoms with Crippen molar-refractivity contribution in [1.29, 1.82) is 0 Å². The fourth-order valence-corrected chi connectivity index (χ4v) is 3.66. The fraction of sp³-hybridized carbons (Fsp3) is 0.304. The number of ether oxygens (including phenoxy) is 1. The summed E-state index contributed by atoms with van der Waals surface area (Å²) < 4.78 is 10.8. The molecule has 1 N–H and O–H groups in total. The molecule has 6 heteroatoms. The second kappa shape index (κ2) is 9.03. The lowest BCUT2D eigenvalue weighted by Crippen LogP contribution is -2.38. The first-order valence-electron chi connectivity index (χ1n) is 9.93. The van der Waals surface area contributed by atoms with Gasteiger partial charge in [-0.05, 0) is 24.6 Å². The molecule has 6 nitrogen and oxygen atoms in total. The van der Waals surface area contributed by atoms with E-state index in [2.05, 4.69) is 10.2 Å². The zero-order valence-electron chi connectivity index (χ0n) is 16.2. The van der Waals surface area contributed by atoms with E-state index in [9.17, 15) is 9.59 Å². The molecule has 0 aliphatic carbocycles. The van der Waals surface area contributed by atoms with Crippen LogP contribution in [0.3, 0.4) is 0 Å². The van der Waals surface area contributed by atoms with Crippen LogP contribution in [0.1, 0.15) is 17.0 Å². The quantitative estimate of drug-likeness (QED) is 0.653. The number of fused-ring (bicyclic) bond motifs is 1. The first-order chi connectivity index (χ1) is 14.2. The summed E-state index contributed by atoms with van der Waals surface area (Å²) in [4.78, 5) is 27.7. The first-order valence-corrected chi connectivity index (χ1v) is 9.93. The zero-order valence-corrected chi connectivity index (χ0v) is 16.2. The van der Waals surface area contributed by atoms with Gasteiger partial charge in [0.15, 0.2) is 0 Å². The zero-order chi connectivity index (χ0) is 20.1. The second-order valence-corrected chi connectivity index (χ2v) is 7.07. The Hall–Kier alpha value is -2.96. The van der Waals surface area contributed by atoms with Crippen LogP contribution in [0, 0.1) is 0 Å². The maximum atomic E-state index is 12.9. The molecule has 3 aromatic rings. The van der Waals surface area contributed by atoms with Gasteiger partial charge in [-0.1, -0.05) is 48.5 Å². The highest BCUT2D eigenvalue weighted by molar-refractivity contribution is 6.07. The van der Waals surface area contributed by atoms with Crippen molar-refractivity contribution in [2.75, 3.05) is 39.4 Å². The summed E-state index contributed by atoms with van der Waals surface area (Å²) in [5.41, 5.74) is 0.983. The third kappa shape index (κ3) is 4.39. The predicted octanol–water partition coefficient (Wildman–Crippen LogP) is 2.91. The number of nitrogens with one attached hydrogen (secondary N) is 1. The molecule has 0 atom stereocenters. The first kappa shape index (κ1) is 19.4. The molecule has 0 bridgehead atoms. The van der Waals surface area contributed by atoms with Crippen LogP contribution in [-0.2, 0) is 4.74 Å². The normalized spacial score (nSPS) is 14.8. The van der Waals surface area contributed by atoms with Crippen LogP contribution in [0.4, 0.5) is 0 Å². The van der Waals surface area contributed by atoms with E-state index < -0.39 is 5.63 Å². The van der Waals surface area contributed by atoms with Gasteiger partial charge in [0.2, 0.25) is 5.76 Å². The molecule has 1 aromatic heterocycles. The molecule has 1 amide bonds. The molecule has 29 heavy (non-hydrogen) atoms. The molecule has 0 saturated carbocycles. The van der Waals surface area contributed by atoms with Crippen molar-refractivity contribution in [2.45, 2.75) is 6.42 Å². The van der Waals surface area contributed by atoms with Crippen molar-refractivity contribution < 1.29 is 13.9 Å². The van der Waals surface area contributed by atoms with Crippen molar-refractivity contribution in [2.24, 2.45) is 0 Å². The van der Waals surface area contributed by atoms with Gasteiger partial charge in [-0.25, -0.2) is 4.79 Å². The molecule has 2 heterocycles. The van der Waals surface area contributed by atoms with Crippen LogP contribution < -0.4 is 10.9 Å². The molecular formula is C23H24N2O4. The average Bonchev–Trinajstić information content (AvgIpc) is 2.78. The summed E-state index contributed by atoms with van der Waals surface area (Å²) in [6, 6.07) is 16.8. The molecular weight excluding hydrogens is 368 g/mol. The number of hydrogen-bond donors (Lipinski definition) is 1. The number of benzene rings is 2. The summed E-state index contributed by atoms with van der Waals surface area (Å²) >= 11 is 0. The van der Waals surface area contributed by atoms with Crippen LogP contribution in [0.2, 0.25) is 0 Å². The van der Waals surface area contributed by atoms with E-state index in [0.717, 1.165) is 44.8 Å². The smallest absolute Gasteiger partial charge is 0.344 e. The topological polar surface area (TPSA) is 71.8 Å². The lowest BCUT2D eigenvalue weighted by molar-refractivity contribution is 0.0374. The Kier molecular flexibility index (Phi) is 6.03. The Morgan fingerprint density at radius 1 is 0.966 bits per heavy atom. The van der Waals surface area contributed by atoms with Crippen molar-refractivity contribution in [3.8, 4) is 11.1 Å². The van der Waals surface area contributed by atoms with Gasteiger partial charge in [0.25, 0.3) is 5.91 Å². The monoisotopic (exact) mass is 392 g/mol. The van der Waals surface area contributed by atoms with E-state index in [1.54, 1.807) is 12.1 Å². The molecule has 0 radical (unpaired) electrons. The Balaban J connectivity index is 1.57. The Labute approximate surface area is 169 Å². The standard InChI is InChI=1S/C23H24N2O4/c26-22(24-11-6-12-25-13-15-28-16-14-25)21-20(17-7-2-1-3-8-17)18-9-4-5-10-19(18)23(27)29-21/h1-5,7-10H,6,11-16H2,(H,24,26). The lowest BCUT2D eigenvalue weighted by atomic mass is 9.98. The molecule has 1 saturated heterocycles. The molecule has 1 aliphatic heterocycles. The van der Waals surface area contributed by atoms with Gasteiger partial charge in [0.05, 0.1) is 18.6 Å². The highest BCUT2D eigenvalue weighted by Crippen LogP contribution is 2.30. The SMILES string of the molecule is O=C(NCCCN1CCOCC1)c1oc(=O)c2ccccc2c1-c1ccccc1. The van der Waals surface area contributed by atoms with Crippen molar-refractivity contribution in [3.63, 3.8) is 0 Å². The Morgan fingerprint density at radius 3 is 2.41 bits per heavy atom. The molecule has 0 spiro atoms. The number of carbonyl (C=O) groups excluding carboxylic acids is 1. The number of rotatable bonds is 6. The molecule has 150 valence electrons. The van der Waals surface area contributed by atoms with Crippen molar-refractivity contribution in [3.05, 3.63) is 70.8 Å². The van der Waals surface area contributed by atoms with E-state index in [-0.39, 0.29) is 11.7 Å². The van der Waals surface area contributed by atoms with Gasteiger partial charge in [0.1, 0.15) is 0 Å². The van der Waals surface area contributed by atoms with Gasteiger partial charge in [-0.3, -0.25) is 9.69 Å². The summed E-state index contributed by atoms with van der Waals surface area (Å²) in [6.45, 7) is 4.78. The van der Waals surface area contributed by atoms with Gasteiger partial charge in [-0.15, -0.1) is 0 Å².